The van der Waals surface area contributed by atoms with Crippen LogP contribution in [0.1, 0.15) is 29.6 Å². The summed E-state index contributed by atoms with van der Waals surface area (Å²) in [7, 11) is 0. The summed E-state index contributed by atoms with van der Waals surface area (Å²) in [5, 5.41) is 2.18. The zero-order chi connectivity index (χ0) is 14.9. The third-order valence-electron chi connectivity index (χ3n) is 4.91. The van der Waals surface area contributed by atoms with Gasteiger partial charge in [-0.3, -0.25) is 4.79 Å². The maximum Gasteiger partial charge on any atom is 0.171 e. The minimum Gasteiger partial charge on any atom is -0.492 e. The maximum atomic E-state index is 13.0. The highest BCUT2D eigenvalue weighted by atomic mass is 16.5. The second-order valence-electron chi connectivity index (χ2n) is 6.37. The van der Waals surface area contributed by atoms with E-state index in [1.807, 2.05) is 30.3 Å². The van der Waals surface area contributed by atoms with E-state index in [9.17, 15) is 4.79 Å². The molecule has 2 aromatic rings. The Morgan fingerprint density at radius 1 is 1.09 bits per heavy atom. The number of hydrogen-bond acceptors (Lipinski definition) is 3. The highest BCUT2D eigenvalue weighted by Crippen LogP contribution is 2.34. The molecule has 1 unspecified atom stereocenters. The van der Waals surface area contributed by atoms with Crippen LogP contribution in [0.25, 0.3) is 10.8 Å². The van der Waals surface area contributed by atoms with Crippen LogP contribution in [0.4, 0.5) is 0 Å². The fraction of sp³-hybridized carbons (Fsp3) is 0.421. The molecule has 3 heteroatoms. The lowest BCUT2D eigenvalue weighted by molar-refractivity contribution is 0.0883. The Labute approximate surface area is 130 Å². The van der Waals surface area contributed by atoms with Crippen LogP contribution in [0.2, 0.25) is 0 Å². The Hall–Kier alpha value is -1.87. The average Bonchev–Trinajstić information content (AvgIpc) is 3.00. The van der Waals surface area contributed by atoms with Gasteiger partial charge in [0.1, 0.15) is 5.75 Å². The van der Waals surface area contributed by atoms with Gasteiger partial charge in [-0.15, -0.1) is 0 Å². The molecule has 22 heavy (non-hydrogen) atoms. The zero-order valence-corrected chi connectivity index (χ0v) is 12.8. The number of likely N-dealkylation sites (tertiary alicyclic amines) is 1. The summed E-state index contributed by atoms with van der Waals surface area (Å²) < 4.78 is 5.99. The second-order valence-corrected chi connectivity index (χ2v) is 6.37. The summed E-state index contributed by atoms with van der Waals surface area (Å²) >= 11 is 0. The van der Waals surface area contributed by atoms with Crippen molar-refractivity contribution in [3.8, 4) is 5.75 Å². The Morgan fingerprint density at radius 3 is 2.77 bits per heavy atom. The van der Waals surface area contributed by atoms with Gasteiger partial charge in [-0.1, -0.05) is 30.3 Å². The third kappa shape index (κ3) is 2.40. The quantitative estimate of drug-likeness (QED) is 0.849. The van der Waals surface area contributed by atoms with E-state index in [-0.39, 0.29) is 11.7 Å². The standard InChI is InChI=1S/C19H21NO2/c21-18-15(13-20-10-3-4-11-20)9-12-22-19-16-6-2-1-5-14(16)7-8-17(18)19/h1-2,5-8,15H,3-4,9-13H2. The Morgan fingerprint density at radius 2 is 1.91 bits per heavy atom. The molecule has 0 radical (unpaired) electrons. The van der Waals surface area contributed by atoms with Gasteiger partial charge in [0.05, 0.1) is 12.2 Å². The molecular weight excluding hydrogens is 274 g/mol. The van der Waals surface area contributed by atoms with Gasteiger partial charge in [-0.05, 0) is 43.8 Å². The molecule has 0 bridgehead atoms. The molecule has 0 aromatic heterocycles. The van der Waals surface area contributed by atoms with Gasteiger partial charge in [0.15, 0.2) is 5.78 Å². The van der Waals surface area contributed by atoms with E-state index < -0.39 is 0 Å². The van der Waals surface area contributed by atoms with E-state index in [2.05, 4.69) is 11.0 Å². The van der Waals surface area contributed by atoms with Crippen LogP contribution < -0.4 is 4.74 Å². The van der Waals surface area contributed by atoms with E-state index in [1.54, 1.807) is 0 Å². The number of Topliss-reactive ketones (excluding diaryl/α,β-unsaturated/α-hetero) is 1. The summed E-state index contributed by atoms with van der Waals surface area (Å²) in [5.41, 5.74) is 0.764. The van der Waals surface area contributed by atoms with Crippen molar-refractivity contribution in [1.29, 1.82) is 0 Å². The van der Waals surface area contributed by atoms with Crippen LogP contribution in [-0.2, 0) is 0 Å². The average molecular weight is 295 g/mol. The minimum absolute atomic E-state index is 0.0699. The number of ether oxygens (including phenoxy) is 1. The van der Waals surface area contributed by atoms with Crippen molar-refractivity contribution in [2.45, 2.75) is 19.3 Å². The highest BCUT2D eigenvalue weighted by Gasteiger charge is 2.29. The number of benzene rings is 2. The van der Waals surface area contributed by atoms with Gasteiger partial charge in [0, 0.05) is 17.8 Å². The van der Waals surface area contributed by atoms with Gasteiger partial charge in [-0.25, -0.2) is 0 Å². The van der Waals surface area contributed by atoms with Crippen molar-refractivity contribution in [3.63, 3.8) is 0 Å². The number of carbonyl (C=O) groups is 1. The van der Waals surface area contributed by atoms with Crippen molar-refractivity contribution in [1.82, 2.24) is 4.90 Å². The lowest BCUT2D eigenvalue weighted by atomic mass is 9.93. The molecule has 1 fully saturated rings. The molecular formula is C19H21NO2. The topological polar surface area (TPSA) is 29.5 Å². The third-order valence-corrected chi connectivity index (χ3v) is 4.91. The van der Waals surface area contributed by atoms with E-state index >= 15 is 0 Å². The fourth-order valence-electron chi connectivity index (χ4n) is 3.70. The molecule has 2 aliphatic rings. The lowest BCUT2D eigenvalue weighted by Crippen LogP contribution is -2.31. The second kappa shape index (κ2) is 5.73. The van der Waals surface area contributed by atoms with Crippen molar-refractivity contribution in [2.75, 3.05) is 26.2 Å². The molecule has 1 saturated heterocycles. The van der Waals surface area contributed by atoms with Crippen molar-refractivity contribution < 1.29 is 9.53 Å². The van der Waals surface area contributed by atoms with Crippen LogP contribution in [0.3, 0.4) is 0 Å². The van der Waals surface area contributed by atoms with Gasteiger partial charge in [0.25, 0.3) is 0 Å². The van der Waals surface area contributed by atoms with E-state index in [1.165, 1.54) is 12.8 Å². The van der Waals surface area contributed by atoms with Gasteiger partial charge in [0.2, 0.25) is 0 Å². The molecule has 0 aliphatic carbocycles. The minimum atomic E-state index is 0.0699. The molecule has 1 atom stereocenters. The molecule has 3 nitrogen and oxygen atoms in total. The zero-order valence-electron chi connectivity index (χ0n) is 12.8. The Bertz CT molecular complexity index is 704. The molecule has 2 heterocycles. The summed E-state index contributed by atoms with van der Waals surface area (Å²) in [4.78, 5) is 15.4. The number of nitrogens with zero attached hydrogens (tertiary/aromatic N) is 1. The largest absolute Gasteiger partial charge is 0.492 e. The first-order chi connectivity index (χ1) is 10.8. The maximum absolute atomic E-state index is 13.0. The van der Waals surface area contributed by atoms with Crippen LogP contribution >= 0.6 is 0 Å². The van der Waals surface area contributed by atoms with Gasteiger partial charge < -0.3 is 9.64 Å². The summed E-state index contributed by atoms with van der Waals surface area (Å²) in [5.74, 6) is 1.11. The molecule has 4 rings (SSSR count). The predicted molar refractivity (Wildman–Crippen MR) is 87.6 cm³/mol. The van der Waals surface area contributed by atoms with Crippen LogP contribution in [0, 0.1) is 5.92 Å². The van der Waals surface area contributed by atoms with Crippen LogP contribution in [-0.4, -0.2) is 36.9 Å². The van der Waals surface area contributed by atoms with Crippen LogP contribution in [0.5, 0.6) is 5.75 Å². The van der Waals surface area contributed by atoms with Gasteiger partial charge in [-0.2, -0.15) is 0 Å². The Balaban J connectivity index is 1.69. The SMILES string of the molecule is O=C1c2ccc3ccccc3c2OCCC1CN1CCCC1. The molecule has 0 saturated carbocycles. The number of fused-ring (bicyclic) bond motifs is 3. The highest BCUT2D eigenvalue weighted by molar-refractivity contribution is 6.06. The molecule has 0 amide bonds. The van der Waals surface area contributed by atoms with E-state index in [0.717, 1.165) is 48.1 Å². The molecule has 114 valence electrons. The fourth-order valence-corrected chi connectivity index (χ4v) is 3.70. The lowest BCUT2D eigenvalue weighted by Gasteiger charge is -2.20. The number of ketones is 1. The first-order valence-electron chi connectivity index (χ1n) is 8.24. The first kappa shape index (κ1) is 13.8. The molecule has 2 aromatic carbocycles. The Kier molecular flexibility index (Phi) is 3.59. The molecule has 0 spiro atoms. The normalized spacial score (nSPS) is 22.4. The van der Waals surface area contributed by atoms with Crippen LogP contribution in [0.15, 0.2) is 36.4 Å². The summed E-state index contributed by atoms with van der Waals surface area (Å²) in [6.45, 7) is 3.78. The van der Waals surface area contributed by atoms with E-state index in [4.69, 9.17) is 4.74 Å². The monoisotopic (exact) mass is 295 g/mol. The summed E-state index contributed by atoms with van der Waals surface area (Å²) in [6, 6.07) is 12.1. The van der Waals surface area contributed by atoms with Crippen molar-refractivity contribution in [2.24, 2.45) is 5.92 Å². The first-order valence-corrected chi connectivity index (χ1v) is 8.24. The van der Waals surface area contributed by atoms with Crippen molar-refractivity contribution >= 4 is 16.6 Å². The number of rotatable bonds is 2. The number of carbonyl (C=O) groups excluding carboxylic acids is 1. The van der Waals surface area contributed by atoms with E-state index in [0.29, 0.717) is 6.61 Å². The number of hydrogen-bond donors (Lipinski definition) is 0. The smallest absolute Gasteiger partial charge is 0.171 e. The summed E-state index contributed by atoms with van der Waals surface area (Å²) in [6.07, 6.45) is 3.34. The predicted octanol–water partition coefficient (Wildman–Crippen LogP) is 3.52. The van der Waals surface area contributed by atoms with Crippen molar-refractivity contribution in [3.05, 3.63) is 42.0 Å². The molecule has 0 N–H and O–H groups in total. The molecule has 2 aliphatic heterocycles. The van der Waals surface area contributed by atoms with Gasteiger partial charge >= 0.3 is 0 Å².